The second-order valence-electron chi connectivity index (χ2n) is 8.54. The normalized spacial score (nSPS) is 13.2. The smallest absolute Gasteiger partial charge is 0.266 e. The van der Waals surface area contributed by atoms with Gasteiger partial charge in [-0.25, -0.2) is 0 Å². The molecule has 2 aromatic heterocycles. The minimum Gasteiger partial charge on any atom is -0.321 e. The summed E-state index contributed by atoms with van der Waals surface area (Å²) >= 11 is 1.69. The maximum absolute atomic E-state index is 12.9. The van der Waals surface area contributed by atoms with Crippen molar-refractivity contribution >= 4 is 29.0 Å². The molecule has 33 heavy (non-hydrogen) atoms. The van der Waals surface area contributed by atoms with E-state index < -0.39 is 5.91 Å². The number of fused-ring (bicyclic) bond motifs is 1. The van der Waals surface area contributed by atoms with Gasteiger partial charge in [-0.2, -0.15) is 10.5 Å². The Kier molecular flexibility index (Phi) is 6.22. The van der Waals surface area contributed by atoms with Crippen molar-refractivity contribution in [1.82, 2.24) is 4.57 Å². The van der Waals surface area contributed by atoms with Crippen molar-refractivity contribution in [2.45, 2.75) is 53.4 Å². The zero-order chi connectivity index (χ0) is 23.7. The SMILES string of the molecule is Cc1cccc(NC(=O)/C(C#N)=C\c2cc(C)n(-c3sc4c(c3C#N)CCCC4)c2C)c1C. The van der Waals surface area contributed by atoms with E-state index in [4.69, 9.17) is 0 Å². The van der Waals surface area contributed by atoms with Crippen LogP contribution in [0.4, 0.5) is 5.69 Å². The molecule has 1 aromatic carbocycles. The molecule has 6 heteroatoms. The summed E-state index contributed by atoms with van der Waals surface area (Å²) in [5.41, 5.74) is 7.44. The first-order valence-corrected chi connectivity index (χ1v) is 11.9. The highest BCUT2D eigenvalue weighted by Gasteiger charge is 2.24. The molecule has 166 valence electrons. The van der Waals surface area contributed by atoms with E-state index in [9.17, 15) is 15.3 Å². The molecule has 0 spiro atoms. The molecule has 5 nitrogen and oxygen atoms in total. The summed E-state index contributed by atoms with van der Waals surface area (Å²) in [6.45, 7) is 7.89. The van der Waals surface area contributed by atoms with Gasteiger partial charge in [0.15, 0.2) is 0 Å². The van der Waals surface area contributed by atoms with Gasteiger partial charge in [-0.05, 0) is 93.8 Å². The number of carbonyl (C=O) groups excluding carboxylic acids is 1. The molecule has 2 heterocycles. The Bertz CT molecular complexity index is 1370. The summed E-state index contributed by atoms with van der Waals surface area (Å²) in [6, 6.07) is 12.2. The average molecular weight is 455 g/mol. The van der Waals surface area contributed by atoms with E-state index in [-0.39, 0.29) is 5.57 Å². The Hall–Kier alpha value is -3.61. The Labute approximate surface area is 198 Å². The van der Waals surface area contributed by atoms with Gasteiger partial charge < -0.3 is 9.88 Å². The molecule has 1 aliphatic carbocycles. The van der Waals surface area contributed by atoms with Gasteiger partial charge in [0.2, 0.25) is 0 Å². The fourth-order valence-corrected chi connectivity index (χ4v) is 5.90. The molecule has 0 radical (unpaired) electrons. The number of hydrogen-bond acceptors (Lipinski definition) is 4. The number of aryl methyl sites for hydroxylation is 3. The third-order valence-corrected chi connectivity index (χ3v) is 7.73. The minimum atomic E-state index is -0.430. The first-order valence-electron chi connectivity index (χ1n) is 11.1. The van der Waals surface area contributed by atoms with E-state index in [2.05, 4.69) is 22.0 Å². The summed E-state index contributed by atoms with van der Waals surface area (Å²) in [6.07, 6.45) is 5.90. The van der Waals surface area contributed by atoms with E-state index in [0.29, 0.717) is 5.69 Å². The topological polar surface area (TPSA) is 81.6 Å². The number of benzene rings is 1. The Balaban J connectivity index is 1.71. The summed E-state index contributed by atoms with van der Waals surface area (Å²) in [7, 11) is 0. The number of rotatable bonds is 4. The van der Waals surface area contributed by atoms with E-state index in [1.807, 2.05) is 52.0 Å². The lowest BCUT2D eigenvalue weighted by Gasteiger charge is -2.10. The van der Waals surface area contributed by atoms with Gasteiger partial charge in [-0.3, -0.25) is 4.79 Å². The summed E-state index contributed by atoms with van der Waals surface area (Å²) in [4.78, 5) is 14.2. The highest BCUT2D eigenvalue weighted by Crippen LogP contribution is 2.38. The quantitative estimate of drug-likeness (QED) is 0.384. The van der Waals surface area contributed by atoms with Crippen LogP contribution in [-0.2, 0) is 17.6 Å². The lowest BCUT2D eigenvalue weighted by molar-refractivity contribution is -0.112. The van der Waals surface area contributed by atoms with Crippen LogP contribution in [-0.4, -0.2) is 10.5 Å². The number of anilines is 1. The first-order chi connectivity index (χ1) is 15.8. The number of nitrogens with one attached hydrogen (secondary N) is 1. The van der Waals surface area contributed by atoms with E-state index in [1.54, 1.807) is 17.4 Å². The van der Waals surface area contributed by atoms with Crippen molar-refractivity contribution in [3.63, 3.8) is 0 Å². The molecule has 1 aliphatic rings. The fourth-order valence-electron chi connectivity index (χ4n) is 4.45. The standard InChI is InChI=1S/C27H26N4OS/c1-16-8-7-10-24(18(16)3)30-26(32)21(14-28)13-20-12-17(2)31(19(20)4)27-23(15-29)22-9-5-6-11-25(22)33-27/h7-8,10,12-13H,5-6,9,11H2,1-4H3,(H,30,32)/b21-13-. The van der Waals surface area contributed by atoms with Crippen LogP contribution in [0, 0.1) is 50.4 Å². The highest BCUT2D eigenvalue weighted by atomic mass is 32.1. The number of nitriles is 2. The van der Waals surface area contributed by atoms with E-state index in [1.165, 1.54) is 10.4 Å². The molecule has 1 amide bonds. The second kappa shape index (κ2) is 9.10. The molecule has 3 aromatic rings. The molecule has 0 bridgehead atoms. The van der Waals surface area contributed by atoms with Gasteiger partial charge in [0.05, 0.1) is 5.56 Å². The molecule has 0 atom stereocenters. The maximum Gasteiger partial charge on any atom is 0.266 e. The van der Waals surface area contributed by atoms with Crippen molar-refractivity contribution in [2.24, 2.45) is 0 Å². The van der Waals surface area contributed by atoms with Crippen molar-refractivity contribution in [2.75, 3.05) is 5.32 Å². The minimum absolute atomic E-state index is 0.0436. The lowest BCUT2D eigenvalue weighted by atomic mass is 9.96. The van der Waals surface area contributed by atoms with Crippen LogP contribution < -0.4 is 5.32 Å². The molecule has 0 unspecified atom stereocenters. The molecule has 0 saturated heterocycles. The van der Waals surface area contributed by atoms with Crippen LogP contribution in [0.5, 0.6) is 0 Å². The van der Waals surface area contributed by atoms with Crippen LogP contribution in [0.3, 0.4) is 0 Å². The van der Waals surface area contributed by atoms with Gasteiger partial charge in [-0.1, -0.05) is 12.1 Å². The number of carbonyl (C=O) groups is 1. The van der Waals surface area contributed by atoms with Crippen LogP contribution in [0.15, 0.2) is 29.8 Å². The number of hydrogen-bond donors (Lipinski definition) is 1. The van der Waals surface area contributed by atoms with Crippen molar-refractivity contribution in [3.8, 4) is 17.1 Å². The number of aromatic nitrogens is 1. The van der Waals surface area contributed by atoms with Crippen LogP contribution >= 0.6 is 11.3 Å². The molecule has 0 aliphatic heterocycles. The molecule has 0 fully saturated rings. The largest absolute Gasteiger partial charge is 0.321 e. The van der Waals surface area contributed by atoms with Gasteiger partial charge in [0.1, 0.15) is 22.7 Å². The summed E-state index contributed by atoms with van der Waals surface area (Å²) in [5, 5.41) is 23.4. The third kappa shape index (κ3) is 4.11. The van der Waals surface area contributed by atoms with Gasteiger partial charge in [0.25, 0.3) is 5.91 Å². The van der Waals surface area contributed by atoms with E-state index in [0.717, 1.165) is 64.3 Å². The zero-order valence-electron chi connectivity index (χ0n) is 19.4. The van der Waals surface area contributed by atoms with Crippen LogP contribution in [0.25, 0.3) is 11.1 Å². The molecule has 0 saturated carbocycles. The zero-order valence-corrected chi connectivity index (χ0v) is 20.2. The summed E-state index contributed by atoms with van der Waals surface area (Å²) < 4.78 is 2.09. The first kappa shape index (κ1) is 22.6. The Morgan fingerprint density at radius 1 is 1.15 bits per heavy atom. The third-order valence-electron chi connectivity index (χ3n) is 6.46. The molecule has 1 N–H and O–H groups in total. The Morgan fingerprint density at radius 3 is 2.64 bits per heavy atom. The molecular formula is C27H26N4OS. The van der Waals surface area contributed by atoms with Crippen molar-refractivity contribution in [3.05, 3.63) is 73.9 Å². The number of thiophene rings is 1. The van der Waals surface area contributed by atoms with Crippen molar-refractivity contribution < 1.29 is 4.79 Å². The molecule has 4 rings (SSSR count). The van der Waals surface area contributed by atoms with Gasteiger partial charge >= 0.3 is 0 Å². The number of amides is 1. The average Bonchev–Trinajstić information content (AvgIpc) is 3.30. The van der Waals surface area contributed by atoms with Crippen LogP contribution in [0.2, 0.25) is 0 Å². The van der Waals surface area contributed by atoms with Gasteiger partial charge in [-0.15, -0.1) is 11.3 Å². The summed E-state index contributed by atoms with van der Waals surface area (Å²) in [5.74, 6) is -0.430. The Morgan fingerprint density at radius 2 is 1.91 bits per heavy atom. The second-order valence-corrected chi connectivity index (χ2v) is 9.62. The predicted molar refractivity (Wildman–Crippen MR) is 133 cm³/mol. The van der Waals surface area contributed by atoms with Crippen molar-refractivity contribution in [1.29, 1.82) is 10.5 Å². The maximum atomic E-state index is 12.9. The predicted octanol–water partition coefficient (Wildman–Crippen LogP) is 6.07. The highest BCUT2D eigenvalue weighted by molar-refractivity contribution is 7.15. The van der Waals surface area contributed by atoms with E-state index >= 15 is 0 Å². The monoisotopic (exact) mass is 454 g/mol. The molecular weight excluding hydrogens is 428 g/mol. The van der Waals surface area contributed by atoms with Gasteiger partial charge in [0, 0.05) is 22.0 Å². The fraction of sp³-hybridized carbons (Fsp3) is 0.296. The number of nitrogens with zero attached hydrogens (tertiary/aromatic N) is 3. The lowest BCUT2D eigenvalue weighted by Crippen LogP contribution is -2.14. The van der Waals surface area contributed by atoms with Crippen LogP contribution in [0.1, 0.15) is 56.9 Å².